The zero-order chi connectivity index (χ0) is 24.5. The minimum absolute atomic E-state index is 0.700. The van der Waals surface area contributed by atoms with E-state index in [0.29, 0.717) is 5.56 Å². The number of aldehydes is 1. The number of hydrogen-bond donors (Lipinski definition) is 0. The number of hydrogen-bond acceptors (Lipinski definition) is 2. The summed E-state index contributed by atoms with van der Waals surface area (Å²) in [5.74, 6) is 0. The van der Waals surface area contributed by atoms with E-state index in [1.54, 1.807) is 6.08 Å². The molecule has 0 fully saturated rings. The Morgan fingerprint density at radius 3 is 2.29 bits per heavy atom. The first-order chi connectivity index (χ1) is 16.5. The number of nitriles is 1. The molecule has 0 saturated carbocycles. The van der Waals surface area contributed by atoms with Gasteiger partial charge in [-0.15, -0.1) is 0 Å². The van der Waals surface area contributed by atoms with Crippen LogP contribution in [0.1, 0.15) is 65.6 Å². The maximum absolute atomic E-state index is 10.7. The van der Waals surface area contributed by atoms with Gasteiger partial charge >= 0.3 is 0 Å². The molecule has 3 aromatic rings. The summed E-state index contributed by atoms with van der Waals surface area (Å²) in [5.41, 5.74) is 10.8. The Labute approximate surface area is 203 Å². The fourth-order valence-electron chi connectivity index (χ4n) is 4.27. The Balaban J connectivity index is 2.33. The van der Waals surface area contributed by atoms with Crippen LogP contribution in [-0.4, -0.2) is 6.29 Å². The van der Waals surface area contributed by atoms with Crippen LogP contribution in [0.15, 0.2) is 78.4 Å². The van der Waals surface area contributed by atoms with Crippen molar-refractivity contribution in [3.8, 4) is 6.07 Å². The first-order valence-corrected chi connectivity index (χ1v) is 11.8. The molecule has 2 heteroatoms. The van der Waals surface area contributed by atoms with Gasteiger partial charge in [0.25, 0.3) is 0 Å². The molecular weight excluding hydrogens is 414 g/mol. The van der Waals surface area contributed by atoms with Crippen molar-refractivity contribution < 1.29 is 4.79 Å². The molecule has 0 unspecified atom stereocenters. The molecule has 0 saturated heterocycles. The zero-order valence-electron chi connectivity index (χ0n) is 20.4. The number of carbonyl (C=O) groups is 1. The van der Waals surface area contributed by atoms with Gasteiger partial charge in [0, 0.05) is 0 Å². The molecule has 0 aromatic heterocycles. The van der Waals surface area contributed by atoms with E-state index in [9.17, 15) is 10.1 Å². The molecule has 0 aliphatic carbocycles. The number of allylic oxidation sites excluding steroid dienone is 4. The average Bonchev–Trinajstić information content (AvgIpc) is 2.86. The summed E-state index contributed by atoms with van der Waals surface area (Å²) in [7, 11) is 0. The van der Waals surface area contributed by atoms with Gasteiger partial charge in [0.2, 0.25) is 0 Å². The highest BCUT2D eigenvalue weighted by atomic mass is 16.1. The molecule has 0 aliphatic rings. The SMILES string of the molecule is CC/C(=C(\C(=C\c1ccccc1C)CC)c1ccc(/C=C/C=O)cc1)c1ccc(C)cc1C#N. The first-order valence-electron chi connectivity index (χ1n) is 11.8. The second-order valence-corrected chi connectivity index (χ2v) is 8.36. The number of benzene rings is 3. The van der Waals surface area contributed by atoms with Gasteiger partial charge in [-0.2, -0.15) is 5.26 Å². The summed E-state index contributed by atoms with van der Waals surface area (Å²) >= 11 is 0. The van der Waals surface area contributed by atoms with Crippen LogP contribution in [0.4, 0.5) is 0 Å². The lowest BCUT2D eigenvalue weighted by atomic mass is 9.84. The van der Waals surface area contributed by atoms with Crippen LogP contribution in [0.2, 0.25) is 0 Å². The maximum Gasteiger partial charge on any atom is 0.142 e. The lowest BCUT2D eigenvalue weighted by Crippen LogP contribution is -1.99. The maximum atomic E-state index is 10.7. The summed E-state index contributed by atoms with van der Waals surface area (Å²) in [6, 6.07) is 25.2. The molecule has 170 valence electrons. The highest BCUT2D eigenvalue weighted by Crippen LogP contribution is 2.38. The lowest BCUT2D eigenvalue weighted by Gasteiger charge is -2.20. The smallest absolute Gasteiger partial charge is 0.142 e. The van der Waals surface area contributed by atoms with E-state index in [2.05, 4.69) is 81.4 Å². The molecule has 0 bridgehead atoms. The number of carbonyl (C=O) groups excluding carboxylic acids is 1. The summed E-state index contributed by atoms with van der Waals surface area (Å²) < 4.78 is 0. The van der Waals surface area contributed by atoms with Crippen LogP contribution in [0.3, 0.4) is 0 Å². The van der Waals surface area contributed by atoms with Crippen molar-refractivity contribution in [3.63, 3.8) is 0 Å². The van der Waals surface area contributed by atoms with Crippen LogP contribution in [-0.2, 0) is 4.79 Å². The van der Waals surface area contributed by atoms with Crippen molar-refractivity contribution in [1.82, 2.24) is 0 Å². The quantitative estimate of drug-likeness (QED) is 0.152. The van der Waals surface area contributed by atoms with Gasteiger partial charge in [-0.05, 0) is 88.9 Å². The third kappa shape index (κ3) is 5.69. The molecule has 0 N–H and O–H groups in total. The van der Waals surface area contributed by atoms with Gasteiger partial charge in [0.05, 0.1) is 11.6 Å². The van der Waals surface area contributed by atoms with Crippen LogP contribution >= 0.6 is 0 Å². The summed E-state index contributed by atoms with van der Waals surface area (Å²) in [4.78, 5) is 10.7. The molecular formula is C32H31NO. The number of aryl methyl sites for hydroxylation is 2. The van der Waals surface area contributed by atoms with Crippen molar-refractivity contribution in [2.45, 2.75) is 40.5 Å². The van der Waals surface area contributed by atoms with E-state index >= 15 is 0 Å². The molecule has 0 radical (unpaired) electrons. The Hall–Kier alpha value is -3.96. The van der Waals surface area contributed by atoms with Gasteiger partial charge in [-0.25, -0.2) is 0 Å². The van der Waals surface area contributed by atoms with Crippen molar-refractivity contribution in [3.05, 3.63) is 117 Å². The predicted octanol–water partition coefficient (Wildman–Crippen LogP) is 8.20. The van der Waals surface area contributed by atoms with Crippen molar-refractivity contribution in [1.29, 1.82) is 5.26 Å². The highest BCUT2D eigenvalue weighted by molar-refractivity contribution is 6.01. The van der Waals surface area contributed by atoms with E-state index in [-0.39, 0.29) is 0 Å². The van der Waals surface area contributed by atoms with E-state index in [1.165, 1.54) is 28.3 Å². The van der Waals surface area contributed by atoms with Gasteiger partial charge in [-0.1, -0.05) is 86.7 Å². The summed E-state index contributed by atoms with van der Waals surface area (Å²) in [5, 5.41) is 9.90. The Morgan fingerprint density at radius 2 is 1.68 bits per heavy atom. The van der Waals surface area contributed by atoms with Crippen molar-refractivity contribution in [2.75, 3.05) is 0 Å². The molecule has 3 rings (SSSR count). The van der Waals surface area contributed by atoms with Gasteiger partial charge in [-0.3, -0.25) is 4.79 Å². The van der Waals surface area contributed by atoms with Gasteiger partial charge < -0.3 is 0 Å². The number of nitrogens with zero attached hydrogens (tertiary/aromatic N) is 1. The summed E-state index contributed by atoms with van der Waals surface area (Å²) in [6.07, 6.45) is 8.03. The van der Waals surface area contributed by atoms with Crippen LogP contribution in [0, 0.1) is 25.2 Å². The largest absolute Gasteiger partial charge is 0.299 e. The second-order valence-electron chi connectivity index (χ2n) is 8.36. The minimum Gasteiger partial charge on any atom is -0.299 e. The predicted molar refractivity (Wildman–Crippen MR) is 144 cm³/mol. The number of rotatable bonds is 8. The lowest BCUT2D eigenvalue weighted by molar-refractivity contribution is -0.104. The third-order valence-electron chi connectivity index (χ3n) is 6.06. The normalized spacial score (nSPS) is 12.4. The Morgan fingerprint density at radius 1 is 0.941 bits per heavy atom. The van der Waals surface area contributed by atoms with E-state index in [4.69, 9.17) is 0 Å². The second kappa shape index (κ2) is 11.8. The highest BCUT2D eigenvalue weighted by Gasteiger charge is 2.17. The topological polar surface area (TPSA) is 40.9 Å². The monoisotopic (exact) mass is 445 g/mol. The Bertz CT molecular complexity index is 1300. The molecule has 34 heavy (non-hydrogen) atoms. The fourth-order valence-corrected chi connectivity index (χ4v) is 4.27. The minimum atomic E-state index is 0.700. The molecule has 0 atom stereocenters. The molecule has 0 aliphatic heterocycles. The van der Waals surface area contributed by atoms with Crippen molar-refractivity contribution >= 4 is 29.6 Å². The molecule has 2 nitrogen and oxygen atoms in total. The van der Waals surface area contributed by atoms with E-state index in [0.717, 1.165) is 47.0 Å². The standard InChI is InChI=1S/C32H31NO/c1-5-26(21-28-12-8-7-10-24(28)4)32(27-16-14-25(15-17-27)11-9-19-34)30(6-2)31-18-13-23(3)20-29(31)22-33/h7-21H,5-6H2,1-4H3/b11-9+,26-21+,32-30-. The molecule has 0 amide bonds. The van der Waals surface area contributed by atoms with Crippen LogP contribution in [0.5, 0.6) is 0 Å². The first kappa shape index (κ1) is 24.7. The Kier molecular flexibility index (Phi) is 8.54. The van der Waals surface area contributed by atoms with Crippen LogP contribution < -0.4 is 0 Å². The van der Waals surface area contributed by atoms with E-state index in [1.807, 2.05) is 25.1 Å². The molecule has 3 aromatic carbocycles. The van der Waals surface area contributed by atoms with Crippen molar-refractivity contribution in [2.24, 2.45) is 0 Å². The fraction of sp³-hybridized carbons (Fsp3) is 0.188. The molecule has 0 spiro atoms. The summed E-state index contributed by atoms with van der Waals surface area (Å²) in [6.45, 7) is 8.48. The van der Waals surface area contributed by atoms with Gasteiger partial charge in [0.15, 0.2) is 0 Å². The molecule has 0 heterocycles. The van der Waals surface area contributed by atoms with Gasteiger partial charge in [0.1, 0.15) is 6.29 Å². The third-order valence-corrected chi connectivity index (χ3v) is 6.06. The average molecular weight is 446 g/mol. The zero-order valence-corrected chi connectivity index (χ0v) is 20.4. The van der Waals surface area contributed by atoms with Crippen LogP contribution in [0.25, 0.3) is 23.3 Å². The van der Waals surface area contributed by atoms with E-state index < -0.39 is 0 Å².